The van der Waals surface area contributed by atoms with Crippen LogP contribution in [0.4, 0.5) is 0 Å². The Kier molecular flexibility index (Phi) is 5.94. The molecule has 0 bridgehead atoms. The number of carbonyl (C=O) groups excluding carboxylic acids is 2. The van der Waals surface area contributed by atoms with Crippen LogP contribution >= 0.6 is 0 Å². The molecule has 130 valence electrons. The first-order valence-electron chi connectivity index (χ1n) is 8.70. The van der Waals surface area contributed by atoms with Crippen molar-refractivity contribution in [2.75, 3.05) is 0 Å². The van der Waals surface area contributed by atoms with Gasteiger partial charge in [0, 0.05) is 23.6 Å². The third-order valence-electron chi connectivity index (χ3n) is 4.22. The van der Waals surface area contributed by atoms with Crippen LogP contribution in [-0.2, 0) is 6.42 Å². The molecule has 0 spiro atoms. The second-order valence-corrected chi connectivity index (χ2v) is 6.22. The van der Waals surface area contributed by atoms with Gasteiger partial charge in [-0.1, -0.05) is 78.9 Å². The van der Waals surface area contributed by atoms with Gasteiger partial charge >= 0.3 is 0 Å². The molecule has 3 heteroatoms. The fraction of sp³-hybridized carbons (Fsp3) is 0.130. The number of Topliss-reactive ketones (excluding diaryl/α,β-unsaturated/α-hetero) is 1. The standard InChI is InChI=1S/C23H21NO2/c25-22(19-12-6-2-7-13-19)17-21(16-18-10-4-1-5-11-18)24-23(26)20-14-8-3-9-15-20/h1-15,21H,16-17H2,(H,24,26). The van der Waals surface area contributed by atoms with E-state index in [0.717, 1.165) is 5.56 Å². The summed E-state index contributed by atoms with van der Waals surface area (Å²) < 4.78 is 0. The summed E-state index contributed by atoms with van der Waals surface area (Å²) in [6, 6.07) is 27.9. The van der Waals surface area contributed by atoms with Crippen molar-refractivity contribution in [2.24, 2.45) is 0 Å². The maximum Gasteiger partial charge on any atom is 0.251 e. The van der Waals surface area contributed by atoms with Crippen molar-refractivity contribution in [1.29, 1.82) is 0 Å². The van der Waals surface area contributed by atoms with E-state index in [4.69, 9.17) is 0 Å². The van der Waals surface area contributed by atoms with Gasteiger partial charge < -0.3 is 5.32 Å². The average molecular weight is 343 g/mol. The number of rotatable bonds is 7. The number of nitrogens with one attached hydrogen (secondary N) is 1. The van der Waals surface area contributed by atoms with E-state index >= 15 is 0 Å². The Labute approximate surface area is 153 Å². The Morgan fingerprint density at radius 3 is 1.77 bits per heavy atom. The molecular weight excluding hydrogens is 322 g/mol. The fourth-order valence-corrected chi connectivity index (χ4v) is 2.90. The van der Waals surface area contributed by atoms with Gasteiger partial charge in [0.25, 0.3) is 5.91 Å². The second-order valence-electron chi connectivity index (χ2n) is 6.22. The van der Waals surface area contributed by atoms with Crippen molar-refractivity contribution in [3.05, 3.63) is 108 Å². The van der Waals surface area contributed by atoms with Crippen molar-refractivity contribution in [1.82, 2.24) is 5.32 Å². The van der Waals surface area contributed by atoms with E-state index in [-0.39, 0.29) is 24.2 Å². The van der Waals surface area contributed by atoms with Crippen LogP contribution in [0.15, 0.2) is 91.0 Å². The minimum Gasteiger partial charge on any atom is -0.349 e. The monoisotopic (exact) mass is 343 g/mol. The van der Waals surface area contributed by atoms with Crippen LogP contribution in [-0.4, -0.2) is 17.7 Å². The van der Waals surface area contributed by atoms with Gasteiger partial charge in [-0.2, -0.15) is 0 Å². The molecule has 3 aromatic rings. The fourth-order valence-electron chi connectivity index (χ4n) is 2.90. The molecule has 3 nitrogen and oxygen atoms in total. The van der Waals surface area contributed by atoms with Gasteiger partial charge in [-0.15, -0.1) is 0 Å². The number of amides is 1. The molecule has 0 saturated heterocycles. The molecule has 1 N–H and O–H groups in total. The first-order chi connectivity index (χ1) is 12.7. The third-order valence-corrected chi connectivity index (χ3v) is 4.22. The summed E-state index contributed by atoms with van der Waals surface area (Å²) >= 11 is 0. The van der Waals surface area contributed by atoms with Gasteiger partial charge in [0.05, 0.1) is 0 Å². The van der Waals surface area contributed by atoms with E-state index in [0.29, 0.717) is 17.5 Å². The Bertz CT molecular complexity index is 792. The van der Waals surface area contributed by atoms with Crippen LogP contribution in [0.3, 0.4) is 0 Å². The molecule has 0 aliphatic carbocycles. The SMILES string of the molecule is O=C(CC(Cc1ccccc1)NC(=O)c1ccccc1)c1ccccc1. The van der Waals surface area contributed by atoms with Crippen LogP contribution in [0, 0.1) is 0 Å². The zero-order valence-corrected chi connectivity index (χ0v) is 14.5. The lowest BCUT2D eigenvalue weighted by Crippen LogP contribution is -2.38. The smallest absolute Gasteiger partial charge is 0.251 e. The zero-order chi connectivity index (χ0) is 18.2. The molecule has 0 radical (unpaired) electrons. The van der Waals surface area contributed by atoms with Gasteiger partial charge in [-0.05, 0) is 24.1 Å². The lowest BCUT2D eigenvalue weighted by Gasteiger charge is -2.18. The molecule has 1 amide bonds. The molecule has 26 heavy (non-hydrogen) atoms. The molecule has 0 saturated carbocycles. The first kappa shape index (κ1) is 17.6. The molecule has 0 aromatic heterocycles. The van der Waals surface area contributed by atoms with Gasteiger partial charge in [-0.3, -0.25) is 9.59 Å². The second kappa shape index (κ2) is 8.77. The van der Waals surface area contributed by atoms with Crippen molar-refractivity contribution in [2.45, 2.75) is 18.9 Å². The lowest BCUT2D eigenvalue weighted by molar-refractivity contribution is 0.0913. The first-order valence-corrected chi connectivity index (χ1v) is 8.70. The van der Waals surface area contributed by atoms with E-state index in [2.05, 4.69) is 5.32 Å². The summed E-state index contributed by atoms with van der Waals surface area (Å²) in [5.74, 6) is -0.132. The van der Waals surface area contributed by atoms with E-state index in [1.807, 2.05) is 66.7 Å². The van der Waals surface area contributed by atoms with E-state index in [9.17, 15) is 9.59 Å². The molecule has 1 atom stereocenters. The Morgan fingerprint density at radius 2 is 1.19 bits per heavy atom. The van der Waals surface area contributed by atoms with Crippen LogP contribution in [0.1, 0.15) is 32.7 Å². The summed E-state index contributed by atoms with van der Waals surface area (Å²) in [5, 5.41) is 3.02. The van der Waals surface area contributed by atoms with Gasteiger partial charge in [0.1, 0.15) is 0 Å². The molecule has 1 unspecified atom stereocenters. The highest BCUT2D eigenvalue weighted by Crippen LogP contribution is 2.12. The number of benzene rings is 3. The van der Waals surface area contributed by atoms with Gasteiger partial charge in [0.15, 0.2) is 5.78 Å². The Balaban J connectivity index is 1.75. The molecular formula is C23H21NO2. The third kappa shape index (κ3) is 4.90. The van der Waals surface area contributed by atoms with Crippen molar-refractivity contribution in [3.8, 4) is 0 Å². The maximum absolute atomic E-state index is 12.6. The van der Waals surface area contributed by atoms with Gasteiger partial charge in [0.2, 0.25) is 0 Å². The average Bonchev–Trinajstić information content (AvgIpc) is 2.70. The molecule has 0 heterocycles. The number of hydrogen-bond acceptors (Lipinski definition) is 2. The molecule has 0 aliphatic rings. The van der Waals surface area contributed by atoms with E-state index in [1.54, 1.807) is 24.3 Å². The highest BCUT2D eigenvalue weighted by atomic mass is 16.2. The van der Waals surface area contributed by atoms with Gasteiger partial charge in [-0.25, -0.2) is 0 Å². The van der Waals surface area contributed by atoms with Crippen LogP contribution in [0.25, 0.3) is 0 Å². The van der Waals surface area contributed by atoms with Crippen molar-refractivity contribution >= 4 is 11.7 Å². The summed E-state index contributed by atoms with van der Waals surface area (Å²) in [4.78, 5) is 25.2. The molecule has 0 fully saturated rings. The number of carbonyl (C=O) groups is 2. The summed E-state index contributed by atoms with van der Waals surface area (Å²) in [7, 11) is 0. The molecule has 0 aliphatic heterocycles. The predicted molar refractivity (Wildman–Crippen MR) is 103 cm³/mol. The minimum atomic E-state index is -0.266. The molecule has 3 rings (SSSR count). The lowest BCUT2D eigenvalue weighted by atomic mass is 9.97. The number of ketones is 1. The maximum atomic E-state index is 12.6. The number of hydrogen-bond donors (Lipinski definition) is 1. The van der Waals surface area contributed by atoms with Crippen LogP contribution in [0.5, 0.6) is 0 Å². The topological polar surface area (TPSA) is 46.2 Å². The Morgan fingerprint density at radius 1 is 0.692 bits per heavy atom. The van der Waals surface area contributed by atoms with Crippen molar-refractivity contribution < 1.29 is 9.59 Å². The summed E-state index contributed by atoms with van der Waals surface area (Å²) in [5.41, 5.74) is 2.35. The Hall–Kier alpha value is -3.20. The summed E-state index contributed by atoms with van der Waals surface area (Å²) in [6.07, 6.45) is 0.871. The van der Waals surface area contributed by atoms with E-state index in [1.165, 1.54) is 0 Å². The quantitative estimate of drug-likeness (QED) is 0.650. The molecule has 3 aromatic carbocycles. The zero-order valence-electron chi connectivity index (χ0n) is 14.5. The largest absolute Gasteiger partial charge is 0.349 e. The van der Waals surface area contributed by atoms with Crippen LogP contribution in [0.2, 0.25) is 0 Å². The predicted octanol–water partition coefficient (Wildman–Crippen LogP) is 4.30. The normalized spacial score (nSPS) is 11.5. The minimum absolute atomic E-state index is 0.0277. The summed E-state index contributed by atoms with van der Waals surface area (Å²) in [6.45, 7) is 0. The van der Waals surface area contributed by atoms with E-state index < -0.39 is 0 Å². The van der Waals surface area contributed by atoms with Crippen LogP contribution < -0.4 is 5.32 Å². The highest BCUT2D eigenvalue weighted by molar-refractivity contribution is 5.98. The van der Waals surface area contributed by atoms with Crippen molar-refractivity contribution in [3.63, 3.8) is 0 Å². The highest BCUT2D eigenvalue weighted by Gasteiger charge is 2.18.